The molecule has 0 aromatic carbocycles. The molecule has 4 heterocycles. The van der Waals surface area contributed by atoms with Gasteiger partial charge in [-0.25, -0.2) is 0 Å². The summed E-state index contributed by atoms with van der Waals surface area (Å²) < 4.78 is 3.52. The molecule has 4 amide bonds. The van der Waals surface area contributed by atoms with E-state index in [1.807, 2.05) is 0 Å². The van der Waals surface area contributed by atoms with Crippen LogP contribution >= 0.6 is 51.4 Å². The van der Waals surface area contributed by atoms with Crippen LogP contribution in [0.25, 0.3) is 0 Å². The number of carbonyl (C=O) groups excluding carboxylic acids is 4. The average Bonchev–Trinajstić information content (AvgIpc) is 3.32. The van der Waals surface area contributed by atoms with E-state index in [1.54, 1.807) is 17.5 Å². The van der Waals surface area contributed by atoms with Crippen molar-refractivity contribution < 1.29 is 19.2 Å². The number of thiophene rings is 2. The number of halogens is 1. The first-order valence-electron chi connectivity index (χ1n) is 6.80. The van der Waals surface area contributed by atoms with Gasteiger partial charge in [0.25, 0.3) is 23.6 Å². The minimum absolute atomic E-state index is 0.181. The van der Waals surface area contributed by atoms with Gasteiger partial charge >= 0.3 is 24.8 Å². The van der Waals surface area contributed by atoms with Gasteiger partial charge in [-0.15, -0.1) is 22.7 Å². The zero-order valence-electron chi connectivity index (χ0n) is 13.4. The Labute approximate surface area is 171 Å². The van der Waals surface area contributed by atoms with E-state index in [2.05, 4.69) is 40.7 Å². The molecule has 26 heavy (non-hydrogen) atoms. The van der Waals surface area contributed by atoms with E-state index in [0.717, 1.165) is 13.6 Å². The number of thiol groups is 1. The number of imide groups is 2. The topological polar surface area (TPSA) is 87.1 Å². The first-order valence-corrected chi connectivity index (χ1v) is 9.69. The molecule has 0 saturated carbocycles. The Bertz CT molecular complexity index is 862. The summed E-state index contributed by atoms with van der Waals surface area (Å²) in [5, 5.41) is 1.76. The Morgan fingerprint density at radius 1 is 1.00 bits per heavy atom. The Morgan fingerprint density at radius 2 is 1.50 bits per heavy atom. The molecule has 0 fully saturated rings. The van der Waals surface area contributed by atoms with Gasteiger partial charge in [0.2, 0.25) is 0 Å². The fourth-order valence-corrected chi connectivity index (χ4v) is 4.60. The molecule has 1 radical (unpaired) electrons. The molecule has 0 N–H and O–H groups in total. The third-order valence-corrected chi connectivity index (χ3v) is 5.96. The molecular weight excluding hydrogens is 461 g/mol. The molecular formula is C14H10BBrN3O4S3. The van der Waals surface area contributed by atoms with Crippen LogP contribution in [-0.2, 0) is 0 Å². The summed E-state index contributed by atoms with van der Waals surface area (Å²) in [6.45, 7) is 0. The summed E-state index contributed by atoms with van der Waals surface area (Å²) in [4.78, 5) is 48.4. The molecule has 2 aromatic heterocycles. The number of hydrogen-bond donors (Lipinski definition) is 1. The predicted molar refractivity (Wildman–Crippen MR) is 106 cm³/mol. The summed E-state index contributed by atoms with van der Waals surface area (Å²) in [7, 11) is 7.33. The Morgan fingerprint density at radius 3 is 2.00 bits per heavy atom. The monoisotopic (exact) mass is 470 g/mol. The Hall–Kier alpha value is -1.63. The standard InChI is InChI=1S/C7H4BrNO2S.C7H5NO2S.BHNS/c1-9-6(10)3-2-4(8)12-5(3)7(9)11;1-8-6(9)4-2-3-11-5(4)7(8)10;1-2-3/h2H,1H3;2-3H,1H3;3H. The summed E-state index contributed by atoms with van der Waals surface area (Å²) in [6.07, 6.45) is 0. The normalized spacial score (nSPS) is 14.4. The van der Waals surface area contributed by atoms with E-state index in [4.69, 9.17) is 0 Å². The number of carbonyl (C=O) groups is 4. The maximum absolute atomic E-state index is 11.3. The molecule has 0 atom stereocenters. The summed E-state index contributed by atoms with van der Waals surface area (Å²) >= 11 is 9.03. The molecule has 2 aliphatic heterocycles. The average molecular weight is 471 g/mol. The second kappa shape index (κ2) is 8.38. The van der Waals surface area contributed by atoms with Gasteiger partial charge in [0.05, 0.1) is 14.9 Å². The number of rotatable bonds is 0. The third kappa shape index (κ3) is 3.73. The fraction of sp³-hybridized carbons (Fsp3) is 0.143. The number of hydrogen-bond acceptors (Lipinski definition) is 8. The molecule has 12 heteroatoms. The van der Waals surface area contributed by atoms with E-state index in [0.29, 0.717) is 20.9 Å². The van der Waals surface area contributed by atoms with Crippen LogP contribution in [0.2, 0.25) is 0 Å². The van der Waals surface area contributed by atoms with Gasteiger partial charge in [0.1, 0.15) is 9.75 Å². The molecule has 0 aliphatic carbocycles. The van der Waals surface area contributed by atoms with Crippen molar-refractivity contribution in [3.63, 3.8) is 0 Å². The van der Waals surface area contributed by atoms with Crippen LogP contribution in [0.3, 0.4) is 0 Å². The molecule has 4 rings (SSSR count). The minimum atomic E-state index is -0.211. The van der Waals surface area contributed by atoms with Crippen LogP contribution in [-0.4, -0.2) is 55.2 Å². The fourth-order valence-electron chi connectivity index (χ4n) is 2.17. The summed E-state index contributed by atoms with van der Waals surface area (Å²) in [6, 6.07) is 3.37. The van der Waals surface area contributed by atoms with Crippen molar-refractivity contribution in [2.45, 2.75) is 0 Å². The van der Waals surface area contributed by atoms with E-state index < -0.39 is 0 Å². The molecule has 0 spiro atoms. The van der Waals surface area contributed by atoms with Crippen molar-refractivity contribution in [1.29, 1.82) is 0 Å². The van der Waals surface area contributed by atoms with Gasteiger partial charge in [-0.3, -0.25) is 29.0 Å². The van der Waals surface area contributed by atoms with Crippen molar-refractivity contribution >= 4 is 82.7 Å². The zero-order chi connectivity index (χ0) is 19.6. The molecule has 2 aliphatic rings. The van der Waals surface area contributed by atoms with Crippen LogP contribution in [0.5, 0.6) is 0 Å². The first-order chi connectivity index (χ1) is 12.2. The SMILES string of the molecule is CN1C(=O)c2cc(Br)sc2C1=O.CN1C(=O)c2ccsc2C1=O.[B]=NS. The second-order valence-corrected chi connectivity index (χ2v) is 8.49. The van der Waals surface area contributed by atoms with Gasteiger partial charge < -0.3 is 0 Å². The second-order valence-electron chi connectivity index (χ2n) is 4.91. The maximum atomic E-state index is 11.3. The van der Waals surface area contributed by atoms with E-state index in [1.165, 1.54) is 36.8 Å². The molecule has 7 nitrogen and oxygen atoms in total. The van der Waals surface area contributed by atoms with Gasteiger partial charge in [-0.05, 0) is 33.4 Å². The van der Waals surface area contributed by atoms with Gasteiger partial charge in [-0.2, -0.15) is 0 Å². The van der Waals surface area contributed by atoms with Crippen LogP contribution in [0, 0.1) is 0 Å². The van der Waals surface area contributed by atoms with E-state index in [9.17, 15) is 19.2 Å². The van der Waals surface area contributed by atoms with Crippen LogP contribution < -0.4 is 0 Å². The van der Waals surface area contributed by atoms with Crippen molar-refractivity contribution in [1.82, 2.24) is 9.80 Å². The molecule has 2 aromatic rings. The Balaban J connectivity index is 0.000000163. The van der Waals surface area contributed by atoms with Gasteiger partial charge in [-0.1, -0.05) is 0 Å². The number of fused-ring (bicyclic) bond motifs is 2. The summed E-state index contributed by atoms with van der Waals surface area (Å²) in [5.41, 5.74) is 1.06. The van der Waals surface area contributed by atoms with Gasteiger partial charge in [0.15, 0.2) is 0 Å². The Kier molecular flexibility index (Phi) is 6.66. The van der Waals surface area contributed by atoms with E-state index >= 15 is 0 Å². The van der Waals surface area contributed by atoms with Gasteiger partial charge in [0, 0.05) is 14.1 Å². The molecule has 0 unspecified atom stereocenters. The predicted octanol–water partition coefficient (Wildman–Crippen LogP) is 2.89. The van der Waals surface area contributed by atoms with Crippen molar-refractivity contribution in [2.75, 3.05) is 14.1 Å². The zero-order valence-corrected chi connectivity index (χ0v) is 17.5. The number of nitrogens with zero attached hydrogens (tertiary/aromatic N) is 3. The molecule has 133 valence electrons. The van der Waals surface area contributed by atoms with Crippen molar-refractivity contribution in [3.8, 4) is 0 Å². The molecule has 0 bridgehead atoms. The number of amides is 4. The first kappa shape index (κ1) is 20.7. The van der Waals surface area contributed by atoms with Crippen molar-refractivity contribution in [2.24, 2.45) is 4.30 Å². The summed E-state index contributed by atoms with van der Waals surface area (Å²) in [5.74, 6) is -0.783. The molecule has 0 saturated heterocycles. The quantitative estimate of drug-likeness (QED) is 0.364. The van der Waals surface area contributed by atoms with Crippen LogP contribution in [0.4, 0.5) is 0 Å². The third-order valence-electron chi connectivity index (χ3n) is 3.44. The van der Waals surface area contributed by atoms with Crippen LogP contribution in [0.1, 0.15) is 40.1 Å². The van der Waals surface area contributed by atoms with E-state index in [-0.39, 0.29) is 23.6 Å². The van der Waals surface area contributed by atoms with Crippen molar-refractivity contribution in [3.05, 3.63) is 42.2 Å². The van der Waals surface area contributed by atoms with Crippen LogP contribution in [0.15, 0.2) is 25.6 Å².